The van der Waals surface area contributed by atoms with Gasteiger partial charge in [-0.3, -0.25) is 9.48 Å². The predicted octanol–water partition coefficient (Wildman–Crippen LogP) is 4.08. The van der Waals surface area contributed by atoms with E-state index in [1.165, 1.54) is 4.52 Å². The Kier molecular flexibility index (Phi) is 5.62. The summed E-state index contributed by atoms with van der Waals surface area (Å²) in [6.45, 7) is 1.93. The fraction of sp³-hybridized carbons (Fsp3) is 0.103. The average molecular weight is 501 g/mol. The van der Waals surface area contributed by atoms with E-state index in [1.54, 1.807) is 23.1 Å². The van der Waals surface area contributed by atoms with Crippen LogP contribution >= 0.6 is 0 Å². The molecule has 6 rings (SSSR count). The van der Waals surface area contributed by atoms with Crippen LogP contribution < -0.4 is 11.1 Å². The number of hydrogen-bond acceptors (Lipinski definition) is 5. The molecule has 0 radical (unpaired) electrons. The zero-order valence-electron chi connectivity index (χ0n) is 20.8. The number of rotatable bonds is 4. The Labute approximate surface area is 218 Å². The van der Waals surface area contributed by atoms with Gasteiger partial charge in [-0.1, -0.05) is 42.3 Å². The second-order valence-electron chi connectivity index (χ2n) is 8.98. The molecule has 1 atom stereocenters. The van der Waals surface area contributed by atoms with Crippen LogP contribution in [-0.4, -0.2) is 35.3 Å². The average Bonchev–Trinajstić information content (AvgIpc) is 3.62. The predicted molar refractivity (Wildman–Crippen MR) is 146 cm³/mol. The lowest BCUT2D eigenvalue weighted by Crippen LogP contribution is -2.28. The van der Waals surface area contributed by atoms with Crippen molar-refractivity contribution >= 4 is 28.3 Å². The minimum absolute atomic E-state index is 0.125. The molecule has 2 aromatic carbocycles. The van der Waals surface area contributed by atoms with Gasteiger partial charge in [0.1, 0.15) is 11.3 Å². The molecule has 4 aromatic heterocycles. The molecule has 6 aromatic rings. The zero-order valence-corrected chi connectivity index (χ0v) is 20.8. The second-order valence-corrected chi connectivity index (χ2v) is 8.98. The monoisotopic (exact) mass is 500 g/mol. The smallest absolute Gasteiger partial charge is 0.259 e. The lowest BCUT2D eigenvalue weighted by molar-refractivity contribution is 0.0941. The third-order valence-electron chi connectivity index (χ3n) is 6.38. The van der Waals surface area contributed by atoms with Crippen molar-refractivity contribution in [3.63, 3.8) is 0 Å². The highest BCUT2D eigenvalue weighted by atomic mass is 16.1. The highest BCUT2D eigenvalue weighted by molar-refractivity contribution is 6.05. The van der Waals surface area contributed by atoms with Crippen molar-refractivity contribution in [2.45, 2.75) is 13.0 Å². The summed E-state index contributed by atoms with van der Waals surface area (Å²) in [5, 5.41) is 12.7. The third-order valence-corrected chi connectivity index (χ3v) is 6.38. The SMILES string of the molecule is C[C@H](NC(=O)c1c(N)nn2cccnc12)c1[nH]c2cccc(C#Cc3ccn(C)n3)c2c1-c1ccccc1. The van der Waals surface area contributed by atoms with E-state index in [-0.39, 0.29) is 23.3 Å². The highest BCUT2D eigenvalue weighted by Crippen LogP contribution is 2.37. The summed E-state index contributed by atoms with van der Waals surface area (Å²) >= 11 is 0. The number of benzene rings is 2. The number of H-pyrrole nitrogens is 1. The first-order chi connectivity index (χ1) is 18.5. The number of aromatic nitrogens is 6. The molecule has 0 saturated heterocycles. The van der Waals surface area contributed by atoms with E-state index in [1.807, 2.05) is 62.6 Å². The molecule has 0 saturated carbocycles. The summed E-state index contributed by atoms with van der Waals surface area (Å²) in [4.78, 5) is 21.2. The van der Waals surface area contributed by atoms with Crippen LogP contribution in [0.4, 0.5) is 5.82 Å². The molecule has 9 nitrogen and oxygen atoms in total. The van der Waals surface area contributed by atoms with Crippen LogP contribution in [0.5, 0.6) is 0 Å². The highest BCUT2D eigenvalue weighted by Gasteiger charge is 2.25. The molecule has 0 unspecified atom stereocenters. The minimum atomic E-state index is -0.389. The number of hydrogen-bond donors (Lipinski definition) is 3. The summed E-state index contributed by atoms with van der Waals surface area (Å²) in [6, 6.07) is 19.3. The van der Waals surface area contributed by atoms with E-state index in [0.717, 1.165) is 33.3 Å². The molecule has 38 heavy (non-hydrogen) atoms. The number of nitrogen functional groups attached to an aromatic ring is 1. The van der Waals surface area contributed by atoms with Crippen molar-refractivity contribution in [3.05, 3.63) is 102 Å². The molecule has 0 spiro atoms. The number of fused-ring (bicyclic) bond motifs is 2. The maximum absolute atomic E-state index is 13.4. The number of nitrogens with zero attached hydrogens (tertiary/aromatic N) is 5. The third kappa shape index (κ3) is 4.04. The normalized spacial score (nSPS) is 11.8. The van der Waals surface area contributed by atoms with Gasteiger partial charge in [-0.2, -0.15) is 5.10 Å². The Hall–Kier alpha value is -5.36. The maximum atomic E-state index is 13.4. The molecule has 0 fully saturated rings. The maximum Gasteiger partial charge on any atom is 0.259 e. The number of aryl methyl sites for hydroxylation is 1. The van der Waals surface area contributed by atoms with Crippen LogP contribution in [0.1, 0.15) is 40.3 Å². The van der Waals surface area contributed by atoms with Crippen molar-refractivity contribution in [2.24, 2.45) is 7.05 Å². The topological polar surface area (TPSA) is 119 Å². The zero-order chi connectivity index (χ0) is 26.2. The quantitative estimate of drug-likeness (QED) is 0.315. The van der Waals surface area contributed by atoms with Crippen LogP contribution in [0.25, 0.3) is 27.7 Å². The van der Waals surface area contributed by atoms with Crippen LogP contribution in [0.15, 0.2) is 79.3 Å². The van der Waals surface area contributed by atoms with Gasteiger partial charge in [-0.05, 0) is 42.7 Å². The van der Waals surface area contributed by atoms with Gasteiger partial charge in [0.05, 0.1) is 6.04 Å². The molecule has 0 aliphatic rings. The number of nitrogens with one attached hydrogen (secondary N) is 2. The van der Waals surface area contributed by atoms with E-state index < -0.39 is 0 Å². The largest absolute Gasteiger partial charge is 0.381 e. The van der Waals surface area contributed by atoms with E-state index in [4.69, 9.17) is 5.73 Å². The van der Waals surface area contributed by atoms with Gasteiger partial charge in [0.15, 0.2) is 11.5 Å². The van der Waals surface area contributed by atoms with Crippen molar-refractivity contribution in [2.75, 3.05) is 5.73 Å². The van der Waals surface area contributed by atoms with Gasteiger partial charge in [0.25, 0.3) is 5.91 Å². The lowest BCUT2D eigenvalue weighted by Gasteiger charge is -2.15. The molecule has 0 aliphatic heterocycles. The molecule has 0 aliphatic carbocycles. The fourth-order valence-corrected chi connectivity index (χ4v) is 4.68. The summed E-state index contributed by atoms with van der Waals surface area (Å²) < 4.78 is 3.23. The van der Waals surface area contributed by atoms with Gasteiger partial charge in [-0.15, -0.1) is 5.10 Å². The Morgan fingerprint density at radius 1 is 1.03 bits per heavy atom. The number of carbonyl (C=O) groups is 1. The number of nitrogens with two attached hydrogens (primary N) is 1. The standard InChI is InChI=1S/C29H24N8O/c1-18(32-29(38)25-27(30)35-37-16-7-15-31-28(25)37)26-24(19-8-4-3-5-9-19)23-20(10-6-11-22(23)33-26)12-13-21-14-17-36(2)34-21/h3-11,14-18,33H,1-2H3,(H2,30,35)(H,32,38)/t18-/m0/s1. The van der Waals surface area contributed by atoms with Crippen LogP contribution in [-0.2, 0) is 7.05 Å². The van der Waals surface area contributed by atoms with Gasteiger partial charge in [0.2, 0.25) is 0 Å². The molecule has 1 amide bonds. The lowest BCUT2D eigenvalue weighted by atomic mass is 9.96. The van der Waals surface area contributed by atoms with E-state index in [2.05, 4.69) is 49.5 Å². The Balaban J connectivity index is 1.45. The first-order valence-electron chi connectivity index (χ1n) is 12.1. The Morgan fingerprint density at radius 3 is 2.66 bits per heavy atom. The van der Waals surface area contributed by atoms with E-state index >= 15 is 0 Å². The molecule has 4 N–H and O–H groups in total. The summed E-state index contributed by atoms with van der Waals surface area (Å²) in [5.41, 5.74) is 12.1. The number of carbonyl (C=O) groups excluding carboxylic acids is 1. The van der Waals surface area contributed by atoms with E-state index in [9.17, 15) is 4.79 Å². The Morgan fingerprint density at radius 2 is 1.87 bits per heavy atom. The Bertz CT molecular complexity index is 1870. The molecular weight excluding hydrogens is 476 g/mol. The number of aromatic amines is 1. The van der Waals surface area contributed by atoms with Gasteiger partial charge in [-0.25, -0.2) is 9.50 Å². The van der Waals surface area contributed by atoms with Crippen molar-refractivity contribution in [1.82, 2.24) is 34.7 Å². The first-order valence-corrected chi connectivity index (χ1v) is 12.1. The van der Waals surface area contributed by atoms with Crippen molar-refractivity contribution in [3.8, 4) is 23.0 Å². The van der Waals surface area contributed by atoms with Gasteiger partial charge >= 0.3 is 0 Å². The van der Waals surface area contributed by atoms with Crippen molar-refractivity contribution < 1.29 is 4.79 Å². The van der Waals surface area contributed by atoms with Crippen molar-refractivity contribution in [1.29, 1.82) is 0 Å². The first kappa shape index (κ1) is 23.1. The summed E-state index contributed by atoms with van der Waals surface area (Å²) in [6.07, 6.45) is 5.18. The van der Waals surface area contributed by atoms with Gasteiger partial charge in [0, 0.05) is 53.4 Å². The fourth-order valence-electron chi connectivity index (χ4n) is 4.68. The number of amides is 1. The molecular formula is C29H24N8O. The molecule has 0 bridgehead atoms. The summed E-state index contributed by atoms with van der Waals surface area (Å²) in [7, 11) is 1.87. The van der Waals surface area contributed by atoms with Crippen LogP contribution in [0, 0.1) is 11.8 Å². The molecule has 4 heterocycles. The summed E-state index contributed by atoms with van der Waals surface area (Å²) in [5.74, 6) is 6.25. The number of anilines is 1. The van der Waals surface area contributed by atoms with Gasteiger partial charge < -0.3 is 16.0 Å². The molecule has 186 valence electrons. The van der Waals surface area contributed by atoms with Crippen LogP contribution in [0.3, 0.4) is 0 Å². The minimum Gasteiger partial charge on any atom is -0.381 e. The second kappa shape index (κ2) is 9.26. The van der Waals surface area contributed by atoms with E-state index in [0.29, 0.717) is 11.3 Å². The molecule has 9 heteroatoms. The van der Waals surface area contributed by atoms with Crippen LogP contribution in [0.2, 0.25) is 0 Å².